The molecule has 1 N–H and O–H groups in total. The van der Waals surface area contributed by atoms with Crippen LogP contribution in [-0.2, 0) is 26.2 Å². The molecule has 0 radical (unpaired) electrons. The van der Waals surface area contributed by atoms with Gasteiger partial charge in [0.25, 0.3) is 0 Å². The zero-order chi connectivity index (χ0) is 20.1. The maximum atomic E-state index is 12.2. The summed E-state index contributed by atoms with van der Waals surface area (Å²) in [5.74, 6) is -0.726. The molecule has 0 amide bonds. The molecular weight excluding hydrogens is 425 g/mol. The summed E-state index contributed by atoms with van der Waals surface area (Å²) in [5, 5.41) is 4.53. The van der Waals surface area contributed by atoms with E-state index in [-0.39, 0.29) is 21.5 Å². The van der Waals surface area contributed by atoms with Gasteiger partial charge in [-0.3, -0.25) is 4.79 Å². The van der Waals surface area contributed by atoms with Crippen molar-refractivity contribution < 1.29 is 17.9 Å². The lowest BCUT2D eigenvalue weighted by molar-refractivity contribution is -0.143. The highest BCUT2D eigenvalue weighted by Crippen LogP contribution is 2.24. The summed E-state index contributed by atoms with van der Waals surface area (Å²) >= 11 is 11.6. The first kappa shape index (κ1) is 20.3. The second-order valence-corrected chi connectivity index (χ2v) is 8.27. The van der Waals surface area contributed by atoms with Gasteiger partial charge in [-0.2, -0.15) is 9.82 Å². The number of carbonyl (C=O) groups excluding carboxylic acids is 1. The molecule has 1 heterocycles. The lowest BCUT2D eigenvalue weighted by Gasteiger charge is -2.08. The van der Waals surface area contributed by atoms with Gasteiger partial charge in [-0.15, -0.1) is 0 Å². The van der Waals surface area contributed by atoms with Gasteiger partial charge in [0.05, 0.1) is 26.8 Å². The summed E-state index contributed by atoms with van der Waals surface area (Å²) in [6.07, 6.45) is 3.29. The highest BCUT2D eigenvalue weighted by Gasteiger charge is 2.17. The second kappa shape index (κ2) is 8.74. The van der Waals surface area contributed by atoms with Crippen LogP contribution in [-0.4, -0.2) is 30.7 Å². The molecule has 3 rings (SSSR count). The van der Waals surface area contributed by atoms with Crippen LogP contribution in [0.4, 0.5) is 0 Å². The molecule has 0 fully saturated rings. The average molecular weight is 440 g/mol. The molecule has 0 aliphatic rings. The minimum atomic E-state index is -3.92. The molecule has 1 aromatic heterocycles. The first-order chi connectivity index (χ1) is 13.3. The number of esters is 1. The standard InChI is InChI=1S/C18H15Cl2N3O4S/c19-16-7-6-15(8-17(16)20)28(25,26)22-10-18(24)27-12-13-9-21-23(11-13)14-4-2-1-3-5-14/h1-9,11,22H,10,12H2. The van der Waals surface area contributed by atoms with Gasteiger partial charge in [-0.1, -0.05) is 41.4 Å². The highest BCUT2D eigenvalue weighted by atomic mass is 35.5. The van der Waals surface area contributed by atoms with Gasteiger partial charge in [0, 0.05) is 11.8 Å². The number of hydrogen-bond donors (Lipinski definition) is 1. The van der Waals surface area contributed by atoms with Crippen molar-refractivity contribution in [2.45, 2.75) is 11.5 Å². The Hall–Kier alpha value is -2.39. The van der Waals surface area contributed by atoms with Crippen molar-refractivity contribution in [3.05, 3.63) is 76.5 Å². The lowest BCUT2D eigenvalue weighted by atomic mass is 10.3. The van der Waals surface area contributed by atoms with Gasteiger partial charge in [0.15, 0.2) is 0 Å². The fourth-order valence-electron chi connectivity index (χ4n) is 2.25. The molecule has 0 aliphatic heterocycles. The normalized spacial score (nSPS) is 11.4. The molecule has 0 spiro atoms. The fraction of sp³-hybridized carbons (Fsp3) is 0.111. The number of benzene rings is 2. The molecular formula is C18H15Cl2N3O4S. The number of ether oxygens (including phenoxy) is 1. The molecule has 28 heavy (non-hydrogen) atoms. The van der Waals surface area contributed by atoms with Crippen molar-refractivity contribution in [1.82, 2.24) is 14.5 Å². The smallest absolute Gasteiger partial charge is 0.321 e. The number of rotatable bonds is 7. The summed E-state index contributed by atoms with van der Waals surface area (Å²) in [6, 6.07) is 13.3. The predicted octanol–water partition coefficient (Wildman–Crippen LogP) is 3.20. The van der Waals surface area contributed by atoms with Crippen LogP contribution in [0.25, 0.3) is 5.69 Å². The number of carbonyl (C=O) groups is 1. The fourth-order valence-corrected chi connectivity index (χ4v) is 3.61. The Kier molecular flexibility index (Phi) is 6.35. The van der Waals surface area contributed by atoms with Crippen LogP contribution in [0, 0.1) is 0 Å². The van der Waals surface area contributed by atoms with Crippen molar-refractivity contribution in [2.24, 2.45) is 0 Å². The van der Waals surface area contributed by atoms with Gasteiger partial charge in [0.1, 0.15) is 13.2 Å². The third-order valence-electron chi connectivity index (χ3n) is 3.66. The van der Waals surface area contributed by atoms with E-state index in [1.165, 1.54) is 18.2 Å². The van der Waals surface area contributed by atoms with Crippen LogP contribution in [0.5, 0.6) is 0 Å². The molecule has 0 bridgehead atoms. The molecule has 0 saturated carbocycles. The van der Waals surface area contributed by atoms with Crippen molar-refractivity contribution in [3.8, 4) is 5.69 Å². The lowest BCUT2D eigenvalue weighted by Crippen LogP contribution is -2.30. The Labute approximate surface area is 171 Å². The van der Waals surface area contributed by atoms with Gasteiger partial charge in [-0.25, -0.2) is 13.1 Å². The summed E-state index contributed by atoms with van der Waals surface area (Å²) in [5.41, 5.74) is 1.54. The van der Waals surface area contributed by atoms with E-state index >= 15 is 0 Å². The quantitative estimate of drug-likeness (QED) is 0.570. The van der Waals surface area contributed by atoms with Crippen LogP contribution in [0.3, 0.4) is 0 Å². The topological polar surface area (TPSA) is 90.3 Å². The van der Waals surface area contributed by atoms with E-state index in [9.17, 15) is 13.2 Å². The van der Waals surface area contributed by atoms with E-state index in [1.807, 2.05) is 30.3 Å². The van der Waals surface area contributed by atoms with Crippen molar-refractivity contribution in [1.29, 1.82) is 0 Å². The van der Waals surface area contributed by atoms with E-state index in [2.05, 4.69) is 9.82 Å². The molecule has 0 unspecified atom stereocenters. The first-order valence-corrected chi connectivity index (χ1v) is 10.3. The molecule has 0 saturated heterocycles. The Morgan fingerprint density at radius 2 is 1.86 bits per heavy atom. The number of halogens is 2. The maximum Gasteiger partial charge on any atom is 0.321 e. The van der Waals surface area contributed by atoms with Gasteiger partial charge in [-0.05, 0) is 30.3 Å². The largest absolute Gasteiger partial charge is 0.460 e. The Morgan fingerprint density at radius 1 is 1.11 bits per heavy atom. The van der Waals surface area contributed by atoms with Crippen molar-refractivity contribution in [3.63, 3.8) is 0 Å². The van der Waals surface area contributed by atoms with Gasteiger partial charge in [0.2, 0.25) is 10.0 Å². The van der Waals surface area contributed by atoms with Crippen LogP contribution >= 0.6 is 23.2 Å². The van der Waals surface area contributed by atoms with Gasteiger partial charge < -0.3 is 4.74 Å². The van der Waals surface area contributed by atoms with E-state index in [1.54, 1.807) is 17.1 Å². The number of hydrogen-bond acceptors (Lipinski definition) is 5. The molecule has 146 valence electrons. The van der Waals surface area contributed by atoms with E-state index in [0.29, 0.717) is 5.56 Å². The predicted molar refractivity (Wildman–Crippen MR) is 105 cm³/mol. The average Bonchev–Trinajstić information content (AvgIpc) is 3.16. The van der Waals surface area contributed by atoms with Crippen molar-refractivity contribution in [2.75, 3.05) is 6.54 Å². The number of nitrogens with one attached hydrogen (secondary N) is 1. The number of sulfonamides is 1. The van der Waals surface area contributed by atoms with E-state index in [4.69, 9.17) is 27.9 Å². The SMILES string of the molecule is O=C(CNS(=O)(=O)c1ccc(Cl)c(Cl)c1)OCc1cnn(-c2ccccc2)c1. The monoisotopic (exact) mass is 439 g/mol. The minimum Gasteiger partial charge on any atom is -0.460 e. The third kappa shape index (κ3) is 5.11. The van der Waals surface area contributed by atoms with Crippen LogP contribution < -0.4 is 4.72 Å². The molecule has 3 aromatic rings. The molecule has 7 nitrogen and oxygen atoms in total. The Balaban J connectivity index is 1.53. The summed E-state index contributed by atoms with van der Waals surface area (Å²) in [6.45, 7) is -0.546. The molecule has 10 heteroatoms. The third-order valence-corrected chi connectivity index (χ3v) is 5.80. The molecule has 0 aliphatic carbocycles. The summed E-state index contributed by atoms with van der Waals surface area (Å²) < 4.78 is 33.3. The van der Waals surface area contributed by atoms with E-state index in [0.717, 1.165) is 5.69 Å². The van der Waals surface area contributed by atoms with Gasteiger partial charge >= 0.3 is 5.97 Å². The van der Waals surface area contributed by atoms with E-state index < -0.39 is 22.5 Å². The zero-order valence-electron chi connectivity index (χ0n) is 14.4. The summed E-state index contributed by atoms with van der Waals surface area (Å²) in [7, 11) is -3.92. The Morgan fingerprint density at radius 3 is 2.57 bits per heavy atom. The van der Waals surface area contributed by atoms with Crippen LogP contribution in [0.15, 0.2) is 65.8 Å². The maximum absolute atomic E-state index is 12.2. The number of para-hydroxylation sites is 1. The summed E-state index contributed by atoms with van der Waals surface area (Å²) in [4.78, 5) is 11.8. The number of nitrogens with zero attached hydrogens (tertiary/aromatic N) is 2. The number of aromatic nitrogens is 2. The molecule has 2 aromatic carbocycles. The first-order valence-electron chi connectivity index (χ1n) is 8.04. The van der Waals surface area contributed by atoms with Crippen molar-refractivity contribution >= 4 is 39.2 Å². The highest BCUT2D eigenvalue weighted by molar-refractivity contribution is 7.89. The molecule has 0 atom stereocenters. The van der Waals surface area contributed by atoms with Crippen LogP contribution in [0.2, 0.25) is 10.0 Å². The van der Waals surface area contributed by atoms with Crippen LogP contribution in [0.1, 0.15) is 5.56 Å². The Bertz CT molecular complexity index is 1090. The minimum absolute atomic E-state index is 0.0276. The zero-order valence-corrected chi connectivity index (χ0v) is 16.7. The second-order valence-electron chi connectivity index (χ2n) is 5.69.